The molecular weight excluding hydrogens is 208 g/mol. The van der Waals surface area contributed by atoms with Crippen molar-refractivity contribution in [3.8, 4) is 0 Å². The summed E-state index contributed by atoms with van der Waals surface area (Å²) in [6.07, 6.45) is 4.37. The van der Waals surface area contributed by atoms with Gasteiger partial charge in [0, 0.05) is 19.5 Å². The Morgan fingerprint density at radius 2 is 1.21 bits per heavy atom. The molecule has 0 spiro atoms. The maximum Gasteiger partial charge on any atom is 0.0273 e. The molecular formula is C12H12S2. The third-order valence-corrected chi connectivity index (χ3v) is 3.87. The van der Waals surface area contributed by atoms with Gasteiger partial charge in [0.2, 0.25) is 0 Å². The van der Waals surface area contributed by atoms with Crippen LogP contribution in [0.1, 0.15) is 19.5 Å². The second-order valence-electron chi connectivity index (χ2n) is 3.23. The van der Waals surface area contributed by atoms with Gasteiger partial charge >= 0.3 is 0 Å². The van der Waals surface area contributed by atoms with Crippen molar-refractivity contribution in [3.05, 3.63) is 43.8 Å². The predicted octanol–water partition coefficient (Wildman–Crippen LogP) is 4.60. The van der Waals surface area contributed by atoms with Crippen molar-refractivity contribution in [3.63, 3.8) is 0 Å². The van der Waals surface area contributed by atoms with Crippen LogP contribution in [0.15, 0.2) is 24.3 Å². The third-order valence-electron chi connectivity index (χ3n) is 1.93. The molecule has 0 unspecified atom stereocenters. The first kappa shape index (κ1) is 9.69. The Kier molecular flexibility index (Phi) is 2.85. The largest absolute Gasteiger partial charge is 0.141 e. The molecule has 0 aliphatic carbocycles. The number of aryl methyl sites for hydroxylation is 2. The van der Waals surface area contributed by atoms with Crippen LogP contribution in [0.4, 0.5) is 0 Å². The highest BCUT2D eigenvalue weighted by atomic mass is 32.1. The molecule has 0 aliphatic heterocycles. The first-order valence-electron chi connectivity index (χ1n) is 4.55. The molecule has 0 saturated carbocycles. The Morgan fingerprint density at radius 3 is 1.50 bits per heavy atom. The van der Waals surface area contributed by atoms with Gasteiger partial charge in [0.1, 0.15) is 0 Å². The second-order valence-corrected chi connectivity index (χ2v) is 5.87. The monoisotopic (exact) mass is 220 g/mol. The molecule has 0 amide bonds. The first-order chi connectivity index (χ1) is 6.74. The SMILES string of the molecule is Cc1ccc(/C=C\c2ccc(C)s2)s1. The normalized spacial score (nSPS) is 11.3. The number of thiophene rings is 2. The van der Waals surface area contributed by atoms with Gasteiger partial charge < -0.3 is 0 Å². The van der Waals surface area contributed by atoms with Crippen LogP contribution in [-0.4, -0.2) is 0 Å². The van der Waals surface area contributed by atoms with Crippen molar-refractivity contribution in [2.24, 2.45) is 0 Å². The maximum absolute atomic E-state index is 2.18. The summed E-state index contributed by atoms with van der Waals surface area (Å²) in [5.41, 5.74) is 0. The van der Waals surface area contributed by atoms with Crippen molar-refractivity contribution in [1.82, 2.24) is 0 Å². The summed E-state index contributed by atoms with van der Waals surface area (Å²) < 4.78 is 0. The lowest BCUT2D eigenvalue weighted by molar-refractivity contribution is 1.64. The lowest BCUT2D eigenvalue weighted by Gasteiger charge is -1.83. The summed E-state index contributed by atoms with van der Waals surface area (Å²) in [6.45, 7) is 4.27. The molecule has 0 fully saturated rings. The van der Waals surface area contributed by atoms with Gasteiger partial charge in [-0.25, -0.2) is 0 Å². The van der Waals surface area contributed by atoms with Crippen LogP contribution < -0.4 is 0 Å². The standard InChI is InChI=1S/C12H12S2/c1-9-3-5-11(13-9)7-8-12-6-4-10(2)14-12/h3-8H,1-2H3/b8-7-. The van der Waals surface area contributed by atoms with E-state index in [1.54, 1.807) is 0 Å². The number of hydrogen-bond donors (Lipinski definition) is 0. The summed E-state index contributed by atoms with van der Waals surface area (Å²) in [5.74, 6) is 0. The topological polar surface area (TPSA) is 0 Å². The van der Waals surface area contributed by atoms with Gasteiger partial charge in [0.05, 0.1) is 0 Å². The fourth-order valence-corrected chi connectivity index (χ4v) is 2.81. The van der Waals surface area contributed by atoms with Gasteiger partial charge in [0.15, 0.2) is 0 Å². The summed E-state index contributed by atoms with van der Waals surface area (Å²) in [5, 5.41) is 0. The number of hydrogen-bond acceptors (Lipinski definition) is 2. The lowest BCUT2D eigenvalue weighted by atomic mass is 10.3. The van der Waals surface area contributed by atoms with Crippen molar-refractivity contribution in [2.75, 3.05) is 0 Å². The molecule has 0 nitrogen and oxygen atoms in total. The Morgan fingerprint density at radius 1 is 0.786 bits per heavy atom. The van der Waals surface area contributed by atoms with E-state index in [1.807, 2.05) is 22.7 Å². The predicted molar refractivity (Wildman–Crippen MR) is 67.0 cm³/mol. The molecule has 72 valence electrons. The van der Waals surface area contributed by atoms with Gasteiger partial charge in [-0.1, -0.05) is 0 Å². The molecule has 0 radical (unpaired) electrons. The van der Waals surface area contributed by atoms with Gasteiger partial charge in [-0.2, -0.15) is 0 Å². The molecule has 2 aromatic heterocycles. The third kappa shape index (κ3) is 2.34. The Bertz CT molecular complexity index is 404. The van der Waals surface area contributed by atoms with Crippen LogP contribution in [-0.2, 0) is 0 Å². The van der Waals surface area contributed by atoms with E-state index < -0.39 is 0 Å². The second kappa shape index (κ2) is 4.11. The maximum atomic E-state index is 2.18. The van der Waals surface area contributed by atoms with E-state index >= 15 is 0 Å². The highest BCUT2D eigenvalue weighted by Gasteiger charge is 1.93. The van der Waals surface area contributed by atoms with Crippen molar-refractivity contribution in [1.29, 1.82) is 0 Å². The summed E-state index contributed by atoms with van der Waals surface area (Å²) >= 11 is 3.66. The average molecular weight is 220 g/mol. The smallest absolute Gasteiger partial charge is 0.0273 e. The zero-order chi connectivity index (χ0) is 9.97. The zero-order valence-corrected chi connectivity index (χ0v) is 9.91. The van der Waals surface area contributed by atoms with E-state index in [9.17, 15) is 0 Å². The van der Waals surface area contributed by atoms with Crippen LogP contribution in [0.2, 0.25) is 0 Å². The molecule has 0 aromatic carbocycles. The Labute approximate surface area is 92.5 Å². The van der Waals surface area contributed by atoms with Crippen LogP contribution in [0.5, 0.6) is 0 Å². The molecule has 2 heterocycles. The summed E-state index contributed by atoms with van der Waals surface area (Å²) in [7, 11) is 0. The average Bonchev–Trinajstić information content (AvgIpc) is 2.72. The van der Waals surface area contributed by atoms with Crippen molar-refractivity contribution < 1.29 is 0 Å². The molecule has 0 saturated heterocycles. The number of rotatable bonds is 2. The van der Waals surface area contributed by atoms with E-state index in [-0.39, 0.29) is 0 Å². The Hall–Kier alpha value is -0.860. The highest BCUT2D eigenvalue weighted by Crippen LogP contribution is 2.21. The van der Waals surface area contributed by atoms with Gasteiger partial charge in [0.25, 0.3) is 0 Å². The fourth-order valence-electron chi connectivity index (χ4n) is 1.25. The molecule has 2 heteroatoms. The van der Waals surface area contributed by atoms with E-state index in [0.717, 1.165) is 0 Å². The van der Waals surface area contributed by atoms with Crippen LogP contribution >= 0.6 is 22.7 Å². The lowest BCUT2D eigenvalue weighted by Crippen LogP contribution is -1.57. The van der Waals surface area contributed by atoms with E-state index in [2.05, 4.69) is 50.3 Å². The molecule has 0 aliphatic rings. The first-order valence-corrected chi connectivity index (χ1v) is 6.18. The molecule has 2 aromatic rings. The van der Waals surface area contributed by atoms with Crippen LogP contribution in [0, 0.1) is 13.8 Å². The van der Waals surface area contributed by atoms with Crippen molar-refractivity contribution in [2.45, 2.75) is 13.8 Å². The van der Waals surface area contributed by atoms with Crippen LogP contribution in [0.3, 0.4) is 0 Å². The van der Waals surface area contributed by atoms with Crippen molar-refractivity contribution >= 4 is 34.8 Å². The van der Waals surface area contributed by atoms with Crippen LogP contribution in [0.25, 0.3) is 12.2 Å². The van der Waals surface area contributed by atoms with E-state index in [1.165, 1.54) is 19.5 Å². The highest BCUT2D eigenvalue weighted by molar-refractivity contribution is 7.13. The minimum absolute atomic E-state index is 1.33. The van der Waals surface area contributed by atoms with E-state index in [0.29, 0.717) is 0 Å². The van der Waals surface area contributed by atoms with Gasteiger partial charge in [-0.15, -0.1) is 22.7 Å². The molecule has 14 heavy (non-hydrogen) atoms. The zero-order valence-electron chi connectivity index (χ0n) is 8.28. The summed E-state index contributed by atoms with van der Waals surface area (Å²) in [6, 6.07) is 8.64. The van der Waals surface area contributed by atoms with E-state index in [4.69, 9.17) is 0 Å². The summed E-state index contributed by atoms with van der Waals surface area (Å²) in [4.78, 5) is 5.39. The van der Waals surface area contributed by atoms with Gasteiger partial charge in [-0.3, -0.25) is 0 Å². The fraction of sp³-hybridized carbons (Fsp3) is 0.167. The van der Waals surface area contributed by atoms with Gasteiger partial charge in [-0.05, 0) is 50.3 Å². The quantitative estimate of drug-likeness (QED) is 0.694. The molecule has 0 atom stereocenters. The Balaban J connectivity index is 2.14. The molecule has 0 bridgehead atoms. The molecule has 0 N–H and O–H groups in total. The molecule has 2 rings (SSSR count). The minimum Gasteiger partial charge on any atom is -0.141 e. The minimum atomic E-state index is 1.33.